The highest BCUT2D eigenvalue weighted by atomic mass is 35.5. The molecule has 0 aliphatic carbocycles. The quantitative estimate of drug-likeness (QED) is 0.658. The van der Waals surface area contributed by atoms with Crippen molar-refractivity contribution in [1.82, 2.24) is 0 Å². The molecule has 0 unspecified atom stereocenters. The topological polar surface area (TPSA) is 55.5 Å². The lowest BCUT2D eigenvalue weighted by atomic mass is 9.99. The zero-order valence-electron chi connectivity index (χ0n) is 6.90. The number of nitrogens with two attached hydrogens (primary N) is 1. The van der Waals surface area contributed by atoms with Crippen molar-refractivity contribution in [1.29, 1.82) is 0 Å². The number of hydrogen-bond donors (Lipinski definition) is 2. The van der Waals surface area contributed by atoms with Crippen molar-refractivity contribution >= 4 is 11.6 Å². The van der Waals surface area contributed by atoms with Gasteiger partial charge in [-0.3, -0.25) is 0 Å². The molecule has 0 aromatic heterocycles. The fourth-order valence-electron chi connectivity index (χ4n) is 1.39. The maximum atomic E-state index is 9.41. The third-order valence-electron chi connectivity index (χ3n) is 2.16. The standard InChI is InChI=1S/C9H10ClNO2/c10-5-1-2-6-8(3-5)13-4-7(12)9(6)11/h1-3,7,9,12H,4,11H2/t7-,9+/m0/s1. The molecule has 1 heterocycles. The Hall–Kier alpha value is -0.770. The highest BCUT2D eigenvalue weighted by Crippen LogP contribution is 2.32. The second-order valence-corrected chi connectivity index (χ2v) is 3.52. The summed E-state index contributed by atoms with van der Waals surface area (Å²) in [5, 5.41) is 10.0. The van der Waals surface area contributed by atoms with E-state index in [-0.39, 0.29) is 12.6 Å². The molecule has 0 radical (unpaired) electrons. The van der Waals surface area contributed by atoms with Gasteiger partial charge in [0.1, 0.15) is 18.5 Å². The second-order valence-electron chi connectivity index (χ2n) is 3.09. The first kappa shape index (κ1) is 8.81. The van der Waals surface area contributed by atoms with Gasteiger partial charge >= 0.3 is 0 Å². The molecule has 0 saturated heterocycles. The Morgan fingerprint density at radius 1 is 1.54 bits per heavy atom. The van der Waals surface area contributed by atoms with Crippen LogP contribution < -0.4 is 10.5 Å². The average molecular weight is 200 g/mol. The van der Waals surface area contributed by atoms with Crippen molar-refractivity contribution in [3.63, 3.8) is 0 Å². The predicted molar refractivity (Wildman–Crippen MR) is 49.9 cm³/mol. The van der Waals surface area contributed by atoms with Gasteiger partial charge < -0.3 is 15.6 Å². The number of rotatable bonds is 0. The Kier molecular flexibility index (Phi) is 2.15. The minimum atomic E-state index is -0.631. The summed E-state index contributed by atoms with van der Waals surface area (Å²) in [6, 6.07) is 4.86. The SMILES string of the molecule is N[C@@H]1c2ccc(Cl)cc2OC[C@@H]1O. The van der Waals surface area contributed by atoms with Gasteiger partial charge in [0, 0.05) is 10.6 Å². The lowest BCUT2D eigenvalue weighted by Gasteiger charge is -2.27. The van der Waals surface area contributed by atoms with Crippen LogP contribution in [0.4, 0.5) is 0 Å². The van der Waals surface area contributed by atoms with E-state index >= 15 is 0 Å². The zero-order chi connectivity index (χ0) is 9.42. The van der Waals surface area contributed by atoms with Crippen LogP contribution in [0, 0.1) is 0 Å². The first-order valence-electron chi connectivity index (χ1n) is 4.04. The maximum Gasteiger partial charge on any atom is 0.125 e. The van der Waals surface area contributed by atoms with E-state index in [2.05, 4.69) is 0 Å². The van der Waals surface area contributed by atoms with Crippen LogP contribution in [0.5, 0.6) is 5.75 Å². The Balaban J connectivity index is 2.44. The molecule has 1 aliphatic heterocycles. The van der Waals surface area contributed by atoms with E-state index in [4.69, 9.17) is 22.1 Å². The van der Waals surface area contributed by atoms with E-state index < -0.39 is 6.10 Å². The van der Waals surface area contributed by atoms with Crippen LogP contribution in [-0.4, -0.2) is 17.8 Å². The predicted octanol–water partition coefficient (Wildman–Crippen LogP) is 1.09. The van der Waals surface area contributed by atoms with Crippen molar-refractivity contribution < 1.29 is 9.84 Å². The van der Waals surface area contributed by atoms with Gasteiger partial charge in [-0.05, 0) is 12.1 Å². The van der Waals surface area contributed by atoms with Crippen LogP contribution in [0.25, 0.3) is 0 Å². The van der Waals surface area contributed by atoms with Gasteiger partial charge in [0.15, 0.2) is 0 Å². The van der Waals surface area contributed by atoms with Gasteiger partial charge in [0.25, 0.3) is 0 Å². The molecule has 4 heteroatoms. The van der Waals surface area contributed by atoms with E-state index in [1.165, 1.54) is 0 Å². The summed E-state index contributed by atoms with van der Waals surface area (Å²) in [6.45, 7) is 0.231. The molecule has 2 atom stereocenters. The fraction of sp³-hybridized carbons (Fsp3) is 0.333. The van der Waals surface area contributed by atoms with Gasteiger partial charge in [-0.25, -0.2) is 0 Å². The lowest BCUT2D eigenvalue weighted by molar-refractivity contribution is 0.0679. The van der Waals surface area contributed by atoms with Gasteiger partial charge in [-0.15, -0.1) is 0 Å². The fourth-order valence-corrected chi connectivity index (χ4v) is 1.56. The Labute approximate surface area is 81.1 Å². The van der Waals surface area contributed by atoms with Crippen molar-refractivity contribution in [2.75, 3.05) is 6.61 Å². The molecule has 1 aromatic rings. The smallest absolute Gasteiger partial charge is 0.125 e. The normalized spacial score (nSPS) is 26.4. The molecule has 0 fully saturated rings. The average Bonchev–Trinajstić information content (AvgIpc) is 2.12. The summed E-state index contributed by atoms with van der Waals surface area (Å²) in [5.41, 5.74) is 6.58. The van der Waals surface area contributed by atoms with Gasteiger partial charge in [-0.2, -0.15) is 0 Å². The Bertz CT molecular complexity index is 329. The van der Waals surface area contributed by atoms with E-state index in [1.54, 1.807) is 18.2 Å². The molecule has 0 saturated carbocycles. The minimum Gasteiger partial charge on any atom is -0.490 e. The van der Waals surface area contributed by atoms with Crippen LogP contribution in [0.1, 0.15) is 11.6 Å². The van der Waals surface area contributed by atoms with Crippen LogP contribution >= 0.6 is 11.6 Å². The molecule has 70 valence electrons. The molecule has 0 spiro atoms. The van der Waals surface area contributed by atoms with Crippen molar-refractivity contribution in [3.8, 4) is 5.75 Å². The molecule has 1 aromatic carbocycles. The number of halogens is 1. The molecule has 13 heavy (non-hydrogen) atoms. The number of ether oxygens (including phenoxy) is 1. The van der Waals surface area contributed by atoms with Crippen LogP contribution in [0.3, 0.4) is 0 Å². The summed E-state index contributed by atoms with van der Waals surface area (Å²) in [7, 11) is 0. The summed E-state index contributed by atoms with van der Waals surface area (Å²) in [6.07, 6.45) is -0.631. The van der Waals surface area contributed by atoms with Crippen molar-refractivity contribution in [3.05, 3.63) is 28.8 Å². The maximum absolute atomic E-state index is 9.41. The molecular formula is C9H10ClNO2. The zero-order valence-corrected chi connectivity index (χ0v) is 7.66. The minimum absolute atomic E-state index is 0.231. The van der Waals surface area contributed by atoms with Crippen molar-refractivity contribution in [2.24, 2.45) is 5.73 Å². The van der Waals surface area contributed by atoms with Gasteiger partial charge in [-0.1, -0.05) is 17.7 Å². The molecular weight excluding hydrogens is 190 g/mol. The molecule has 3 nitrogen and oxygen atoms in total. The van der Waals surface area contributed by atoms with E-state index in [0.717, 1.165) is 5.56 Å². The summed E-state index contributed by atoms with van der Waals surface area (Å²) in [4.78, 5) is 0. The summed E-state index contributed by atoms with van der Waals surface area (Å²) in [5.74, 6) is 0.672. The van der Waals surface area contributed by atoms with Gasteiger partial charge in [0.2, 0.25) is 0 Å². The van der Waals surface area contributed by atoms with Crippen LogP contribution in [0.15, 0.2) is 18.2 Å². The van der Waals surface area contributed by atoms with Gasteiger partial charge in [0.05, 0.1) is 6.04 Å². The molecule has 3 N–H and O–H groups in total. The molecule has 0 bridgehead atoms. The number of aliphatic hydroxyl groups is 1. The summed E-state index contributed by atoms with van der Waals surface area (Å²) < 4.78 is 5.27. The third kappa shape index (κ3) is 1.50. The first-order valence-corrected chi connectivity index (χ1v) is 4.42. The van der Waals surface area contributed by atoms with Crippen molar-refractivity contribution in [2.45, 2.75) is 12.1 Å². The number of benzene rings is 1. The Morgan fingerprint density at radius 2 is 2.31 bits per heavy atom. The monoisotopic (exact) mass is 199 g/mol. The van der Waals surface area contributed by atoms with Crippen LogP contribution in [-0.2, 0) is 0 Å². The first-order chi connectivity index (χ1) is 6.18. The van der Waals surface area contributed by atoms with Crippen LogP contribution in [0.2, 0.25) is 5.02 Å². The van der Waals surface area contributed by atoms with E-state index in [0.29, 0.717) is 10.8 Å². The number of fused-ring (bicyclic) bond motifs is 1. The Morgan fingerprint density at radius 3 is 3.08 bits per heavy atom. The highest BCUT2D eigenvalue weighted by Gasteiger charge is 2.26. The highest BCUT2D eigenvalue weighted by molar-refractivity contribution is 6.30. The number of aliphatic hydroxyl groups excluding tert-OH is 1. The third-order valence-corrected chi connectivity index (χ3v) is 2.39. The van der Waals surface area contributed by atoms with E-state index in [9.17, 15) is 5.11 Å². The summed E-state index contributed by atoms with van der Waals surface area (Å²) >= 11 is 5.78. The molecule has 0 amide bonds. The lowest BCUT2D eigenvalue weighted by Crippen LogP contribution is -2.35. The second kappa shape index (κ2) is 3.18. The number of hydrogen-bond acceptors (Lipinski definition) is 3. The largest absolute Gasteiger partial charge is 0.490 e. The van der Waals surface area contributed by atoms with E-state index in [1.807, 2.05) is 0 Å². The molecule has 1 aliphatic rings. The molecule has 2 rings (SSSR count).